The first-order chi connectivity index (χ1) is 10.0. The molecule has 2 aromatic rings. The van der Waals surface area contributed by atoms with Crippen LogP contribution in [-0.4, -0.2) is 6.04 Å². The predicted octanol–water partition coefficient (Wildman–Crippen LogP) is 5.64. The van der Waals surface area contributed by atoms with Crippen LogP contribution in [0, 0.1) is 13.8 Å². The third-order valence-corrected chi connectivity index (χ3v) is 5.92. The highest BCUT2D eigenvalue weighted by atomic mass is 79.9. The van der Waals surface area contributed by atoms with Crippen LogP contribution < -0.4 is 5.73 Å². The summed E-state index contributed by atoms with van der Waals surface area (Å²) in [4.78, 5) is 1.28. The molecule has 2 rings (SSSR count). The predicted molar refractivity (Wildman–Crippen MR) is 96.9 cm³/mol. The van der Waals surface area contributed by atoms with Crippen LogP contribution in [-0.2, 0) is 0 Å². The monoisotopic (exact) mass is 363 g/mol. The molecule has 0 aliphatic carbocycles. The largest absolute Gasteiger partial charge is 0.326 e. The summed E-state index contributed by atoms with van der Waals surface area (Å²) in [6.45, 7) is 6.45. The highest BCUT2D eigenvalue weighted by Crippen LogP contribution is 2.41. The van der Waals surface area contributed by atoms with Crippen molar-refractivity contribution < 1.29 is 0 Å². The lowest BCUT2D eigenvalue weighted by Crippen LogP contribution is -2.25. The first-order valence-corrected chi connectivity index (χ1v) is 8.94. The van der Waals surface area contributed by atoms with Gasteiger partial charge in [-0.3, -0.25) is 0 Å². The summed E-state index contributed by atoms with van der Waals surface area (Å²) < 4.78 is 1.13. The third-order valence-electron chi connectivity index (χ3n) is 3.81. The van der Waals surface area contributed by atoms with Crippen LogP contribution in [0.1, 0.15) is 35.3 Å². The summed E-state index contributed by atoms with van der Waals surface area (Å²) in [6, 6.07) is 15.1. The summed E-state index contributed by atoms with van der Waals surface area (Å²) in [5, 5.41) is 0.257. The van der Waals surface area contributed by atoms with Gasteiger partial charge in [-0.05, 0) is 55.2 Å². The molecule has 112 valence electrons. The summed E-state index contributed by atoms with van der Waals surface area (Å²) in [5.41, 5.74) is 10.3. The molecule has 2 atom stereocenters. The molecule has 0 aromatic heterocycles. The van der Waals surface area contributed by atoms with E-state index in [0.29, 0.717) is 0 Å². The number of hydrogen-bond acceptors (Lipinski definition) is 2. The number of hydrogen-bond donors (Lipinski definition) is 1. The van der Waals surface area contributed by atoms with Crippen LogP contribution in [0.5, 0.6) is 0 Å². The molecule has 2 N–H and O–H groups in total. The fraction of sp³-hybridized carbons (Fsp3) is 0.333. The highest BCUT2D eigenvalue weighted by Gasteiger charge is 2.22. The second-order valence-electron chi connectivity index (χ2n) is 5.38. The molecule has 0 amide bonds. The van der Waals surface area contributed by atoms with Gasteiger partial charge in [0.1, 0.15) is 0 Å². The van der Waals surface area contributed by atoms with Crippen LogP contribution in [0.15, 0.2) is 51.8 Å². The van der Waals surface area contributed by atoms with Crippen LogP contribution in [0.3, 0.4) is 0 Å². The molecule has 0 bridgehead atoms. The number of aryl methyl sites for hydroxylation is 2. The fourth-order valence-electron chi connectivity index (χ4n) is 2.24. The molecule has 0 heterocycles. The van der Waals surface area contributed by atoms with Crippen molar-refractivity contribution in [2.24, 2.45) is 5.73 Å². The van der Waals surface area contributed by atoms with Crippen molar-refractivity contribution in [1.82, 2.24) is 0 Å². The van der Waals surface area contributed by atoms with Gasteiger partial charge in [-0.2, -0.15) is 0 Å². The molecule has 1 nitrogen and oxygen atoms in total. The van der Waals surface area contributed by atoms with Gasteiger partial charge in [-0.1, -0.05) is 47.1 Å². The van der Waals surface area contributed by atoms with Crippen molar-refractivity contribution >= 4 is 27.7 Å². The molecule has 0 saturated carbocycles. The third kappa shape index (κ3) is 4.12. The normalized spacial score (nSPS) is 14.0. The SMILES string of the molecule is CCC(N)C(Sc1ccc(C)c(C)c1)c1ccccc1Br. The van der Waals surface area contributed by atoms with Gasteiger partial charge in [0.05, 0.1) is 5.25 Å². The average Bonchev–Trinajstić information content (AvgIpc) is 2.48. The summed E-state index contributed by atoms with van der Waals surface area (Å²) in [6.07, 6.45) is 0.962. The molecule has 3 heteroatoms. The van der Waals surface area contributed by atoms with Crippen molar-refractivity contribution in [2.75, 3.05) is 0 Å². The van der Waals surface area contributed by atoms with E-state index in [0.717, 1.165) is 10.9 Å². The lowest BCUT2D eigenvalue weighted by atomic mass is 10.0. The molecule has 0 aliphatic rings. The van der Waals surface area contributed by atoms with Gasteiger partial charge in [-0.15, -0.1) is 11.8 Å². The molecule has 0 aliphatic heterocycles. The van der Waals surface area contributed by atoms with E-state index < -0.39 is 0 Å². The quantitative estimate of drug-likeness (QED) is 0.695. The molecular formula is C18H22BrNS. The first kappa shape index (κ1) is 16.6. The Morgan fingerprint density at radius 2 is 1.81 bits per heavy atom. The zero-order chi connectivity index (χ0) is 15.4. The Kier molecular flexibility index (Phi) is 5.91. The highest BCUT2D eigenvalue weighted by molar-refractivity contribution is 9.10. The Morgan fingerprint density at radius 3 is 2.43 bits per heavy atom. The first-order valence-electron chi connectivity index (χ1n) is 7.26. The summed E-state index contributed by atoms with van der Waals surface area (Å²) in [5.74, 6) is 0. The van der Waals surface area contributed by atoms with Crippen molar-refractivity contribution in [1.29, 1.82) is 0 Å². The fourth-order valence-corrected chi connectivity index (χ4v) is 4.30. The van der Waals surface area contributed by atoms with Gasteiger partial charge < -0.3 is 5.73 Å². The van der Waals surface area contributed by atoms with Gasteiger partial charge in [0.25, 0.3) is 0 Å². The van der Waals surface area contributed by atoms with E-state index in [4.69, 9.17) is 5.73 Å². The standard InChI is InChI=1S/C18H22BrNS/c1-4-17(20)18(15-7-5-6-8-16(15)19)21-14-10-9-12(2)13(3)11-14/h5-11,17-18H,4,20H2,1-3H3. The van der Waals surface area contributed by atoms with Crippen molar-refractivity contribution in [3.8, 4) is 0 Å². The van der Waals surface area contributed by atoms with E-state index in [-0.39, 0.29) is 11.3 Å². The Labute approximate surface area is 140 Å². The van der Waals surface area contributed by atoms with E-state index in [9.17, 15) is 0 Å². The maximum absolute atomic E-state index is 6.39. The minimum Gasteiger partial charge on any atom is -0.326 e. The van der Waals surface area contributed by atoms with Crippen molar-refractivity contribution in [3.63, 3.8) is 0 Å². The molecule has 2 aromatic carbocycles. The molecule has 0 radical (unpaired) electrons. The number of rotatable bonds is 5. The van der Waals surface area contributed by atoms with E-state index >= 15 is 0 Å². The zero-order valence-electron chi connectivity index (χ0n) is 12.8. The van der Waals surface area contributed by atoms with Gasteiger partial charge in [-0.25, -0.2) is 0 Å². The second-order valence-corrected chi connectivity index (χ2v) is 7.45. The van der Waals surface area contributed by atoms with Gasteiger partial charge in [0.15, 0.2) is 0 Å². The van der Waals surface area contributed by atoms with E-state index in [1.165, 1.54) is 21.6 Å². The van der Waals surface area contributed by atoms with Crippen LogP contribution in [0.2, 0.25) is 0 Å². The minimum atomic E-state index is 0.135. The Morgan fingerprint density at radius 1 is 1.10 bits per heavy atom. The number of thioether (sulfide) groups is 1. The summed E-state index contributed by atoms with van der Waals surface area (Å²) in [7, 11) is 0. The molecule has 0 fully saturated rings. The Hall–Kier alpha value is -0.770. The smallest absolute Gasteiger partial charge is 0.0506 e. The maximum atomic E-state index is 6.39. The van der Waals surface area contributed by atoms with Gasteiger partial charge in [0, 0.05) is 15.4 Å². The molecular weight excluding hydrogens is 342 g/mol. The maximum Gasteiger partial charge on any atom is 0.0506 e. The Bertz CT molecular complexity index is 612. The number of benzene rings is 2. The zero-order valence-corrected chi connectivity index (χ0v) is 15.2. The van der Waals surface area contributed by atoms with Crippen LogP contribution >= 0.6 is 27.7 Å². The molecule has 21 heavy (non-hydrogen) atoms. The van der Waals surface area contributed by atoms with Crippen LogP contribution in [0.25, 0.3) is 0 Å². The van der Waals surface area contributed by atoms with E-state index in [2.05, 4.69) is 73.1 Å². The molecule has 0 spiro atoms. The number of halogens is 1. The summed E-state index contributed by atoms with van der Waals surface area (Å²) >= 11 is 5.52. The van der Waals surface area contributed by atoms with E-state index in [1.807, 2.05) is 17.8 Å². The lowest BCUT2D eigenvalue weighted by molar-refractivity contribution is 0.633. The topological polar surface area (TPSA) is 26.0 Å². The minimum absolute atomic E-state index is 0.135. The molecule has 0 saturated heterocycles. The van der Waals surface area contributed by atoms with Crippen molar-refractivity contribution in [3.05, 3.63) is 63.6 Å². The second kappa shape index (κ2) is 7.48. The average molecular weight is 364 g/mol. The van der Waals surface area contributed by atoms with E-state index in [1.54, 1.807) is 0 Å². The lowest BCUT2D eigenvalue weighted by Gasteiger charge is -2.24. The molecule has 2 unspecified atom stereocenters. The Balaban J connectivity index is 2.33. The van der Waals surface area contributed by atoms with Crippen molar-refractivity contribution in [2.45, 2.75) is 43.4 Å². The van der Waals surface area contributed by atoms with Gasteiger partial charge in [0.2, 0.25) is 0 Å². The van der Waals surface area contributed by atoms with Gasteiger partial charge >= 0.3 is 0 Å². The van der Waals surface area contributed by atoms with Crippen LogP contribution in [0.4, 0.5) is 0 Å². The number of nitrogens with two attached hydrogens (primary N) is 1.